The molecule has 0 aliphatic heterocycles. The van der Waals surface area contributed by atoms with Crippen molar-refractivity contribution in [2.24, 2.45) is 0 Å². The number of nitrogens with zero attached hydrogens (tertiary/aromatic N) is 1. The minimum atomic E-state index is -0.454. The van der Waals surface area contributed by atoms with E-state index in [1.165, 1.54) is 18.3 Å². The second-order valence-electron chi connectivity index (χ2n) is 3.52. The van der Waals surface area contributed by atoms with Gasteiger partial charge in [0.05, 0.1) is 11.4 Å². The summed E-state index contributed by atoms with van der Waals surface area (Å²) in [7, 11) is 0. The number of anilines is 2. The summed E-state index contributed by atoms with van der Waals surface area (Å²) < 4.78 is 13.4. The van der Waals surface area contributed by atoms with Crippen LogP contribution >= 0.6 is 15.9 Å². The number of hydrogen-bond donors (Lipinski definition) is 2. The Labute approximate surface area is 111 Å². The van der Waals surface area contributed by atoms with Gasteiger partial charge in [0.25, 0.3) is 5.91 Å². The first-order valence-corrected chi connectivity index (χ1v) is 5.84. The third-order valence-electron chi connectivity index (χ3n) is 2.24. The fourth-order valence-corrected chi connectivity index (χ4v) is 1.82. The molecule has 0 bridgehead atoms. The largest absolute Gasteiger partial charge is 0.397 e. The fraction of sp³-hybridized carbons (Fsp3) is 0. The van der Waals surface area contributed by atoms with Crippen LogP contribution < -0.4 is 11.1 Å². The number of rotatable bonds is 2. The number of nitrogen functional groups attached to an aromatic ring is 1. The van der Waals surface area contributed by atoms with Crippen molar-refractivity contribution >= 4 is 33.2 Å². The van der Waals surface area contributed by atoms with Crippen LogP contribution in [0.2, 0.25) is 0 Å². The Bertz CT molecular complexity index is 604. The molecule has 1 aromatic carbocycles. The Hall–Kier alpha value is -1.95. The SMILES string of the molecule is Nc1cc(F)ccc1NC(=O)c1ncccc1Br. The summed E-state index contributed by atoms with van der Waals surface area (Å²) in [6.45, 7) is 0. The molecule has 0 saturated carbocycles. The highest BCUT2D eigenvalue weighted by Gasteiger charge is 2.12. The topological polar surface area (TPSA) is 68.0 Å². The average molecular weight is 310 g/mol. The van der Waals surface area contributed by atoms with E-state index in [0.29, 0.717) is 10.2 Å². The van der Waals surface area contributed by atoms with Gasteiger partial charge in [-0.15, -0.1) is 0 Å². The van der Waals surface area contributed by atoms with Crippen LogP contribution in [0.15, 0.2) is 41.0 Å². The monoisotopic (exact) mass is 309 g/mol. The van der Waals surface area contributed by atoms with Crippen molar-refractivity contribution in [1.29, 1.82) is 0 Å². The van der Waals surface area contributed by atoms with E-state index in [4.69, 9.17) is 5.73 Å². The van der Waals surface area contributed by atoms with Gasteiger partial charge in [-0.3, -0.25) is 4.79 Å². The van der Waals surface area contributed by atoms with Crippen LogP contribution in [-0.4, -0.2) is 10.9 Å². The molecule has 6 heteroatoms. The molecule has 2 rings (SSSR count). The van der Waals surface area contributed by atoms with Crippen LogP contribution in [0.3, 0.4) is 0 Å². The van der Waals surface area contributed by atoms with Crippen molar-refractivity contribution in [3.8, 4) is 0 Å². The van der Waals surface area contributed by atoms with Crippen molar-refractivity contribution < 1.29 is 9.18 Å². The van der Waals surface area contributed by atoms with E-state index in [0.717, 1.165) is 6.07 Å². The molecule has 0 fully saturated rings. The highest BCUT2D eigenvalue weighted by molar-refractivity contribution is 9.10. The number of nitrogens with two attached hydrogens (primary N) is 1. The maximum atomic E-state index is 12.9. The number of pyridine rings is 1. The minimum Gasteiger partial charge on any atom is -0.397 e. The lowest BCUT2D eigenvalue weighted by Crippen LogP contribution is -2.15. The maximum Gasteiger partial charge on any atom is 0.275 e. The van der Waals surface area contributed by atoms with Gasteiger partial charge in [0, 0.05) is 10.7 Å². The number of carbonyl (C=O) groups excluding carboxylic acids is 1. The highest BCUT2D eigenvalue weighted by atomic mass is 79.9. The molecule has 2 aromatic rings. The van der Waals surface area contributed by atoms with E-state index in [2.05, 4.69) is 26.2 Å². The predicted molar refractivity (Wildman–Crippen MR) is 70.7 cm³/mol. The highest BCUT2D eigenvalue weighted by Crippen LogP contribution is 2.21. The summed E-state index contributed by atoms with van der Waals surface area (Å²) in [6, 6.07) is 7.17. The van der Waals surface area contributed by atoms with Gasteiger partial charge in [0.15, 0.2) is 0 Å². The van der Waals surface area contributed by atoms with E-state index < -0.39 is 11.7 Å². The third kappa shape index (κ3) is 2.65. The van der Waals surface area contributed by atoms with Crippen molar-refractivity contribution in [3.63, 3.8) is 0 Å². The van der Waals surface area contributed by atoms with E-state index in [1.807, 2.05) is 0 Å². The van der Waals surface area contributed by atoms with Gasteiger partial charge >= 0.3 is 0 Å². The van der Waals surface area contributed by atoms with Crippen LogP contribution in [0.25, 0.3) is 0 Å². The molecule has 18 heavy (non-hydrogen) atoms. The average Bonchev–Trinajstić information content (AvgIpc) is 2.33. The number of hydrogen-bond acceptors (Lipinski definition) is 3. The molecule has 0 aliphatic carbocycles. The number of carbonyl (C=O) groups is 1. The summed E-state index contributed by atoms with van der Waals surface area (Å²) in [4.78, 5) is 15.9. The van der Waals surface area contributed by atoms with Crippen molar-refractivity contribution in [2.45, 2.75) is 0 Å². The molecule has 0 spiro atoms. The maximum absolute atomic E-state index is 12.9. The van der Waals surface area contributed by atoms with Gasteiger partial charge in [0.1, 0.15) is 11.5 Å². The standard InChI is InChI=1S/C12H9BrFN3O/c13-8-2-1-5-16-11(8)12(18)17-10-4-3-7(14)6-9(10)15/h1-6H,15H2,(H,17,18). The van der Waals surface area contributed by atoms with Crippen LogP contribution in [0.4, 0.5) is 15.8 Å². The van der Waals surface area contributed by atoms with Gasteiger partial charge in [-0.2, -0.15) is 0 Å². The molecule has 0 aliphatic rings. The number of halogens is 2. The van der Waals surface area contributed by atoms with Crippen molar-refractivity contribution in [1.82, 2.24) is 4.98 Å². The molecule has 0 unspecified atom stereocenters. The second kappa shape index (κ2) is 5.14. The van der Waals surface area contributed by atoms with Crippen LogP contribution in [0.1, 0.15) is 10.5 Å². The Kier molecular flexibility index (Phi) is 3.57. The summed E-state index contributed by atoms with van der Waals surface area (Å²) in [6.07, 6.45) is 1.51. The van der Waals surface area contributed by atoms with E-state index in [-0.39, 0.29) is 11.4 Å². The molecule has 92 valence electrons. The van der Waals surface area contributed by atoms with E-state index >= 15 is 0 Å². The van der Waals surface area contributed by atoms with Crippen LogP contribution in [0, 0.1) is 5.82 Å². The zero-order chi connectivity index (χ0) is 13.1. The summed E-state index contributed by atoms with van der Waals surface area (Å²) >= 11 is 3.23. The molecule has 0 saturated heterocycles. The molecule has 0 atom stereocenters. The smallest absolute Gasteiger partial charge is 0.275 e. The lowest BCUT2D eigenvalue weighted by atomic mass is 10.2. The zero-order valence-corrected chi connectivity index (χ0v) is 10.7. The van der Waals surface area contributed by atoms with Crippen molar-refractivity contribution in [2.75, 3.05) is 11.1 Å². The Morgan fingerprint density at radius 2 is 2.17 bits per heavy atom. The lowest BCUT2D eigenvalue weighted by molar-refractivity contribution is 0.102. The number of benzene rings is 1. The van der Waals surface area contributed by atoms with Crippen LogP contribution in [0.5, 0.6) is 0 Å². The predicted octanol–water partition coefficient (Wildman–Crippen LogP) is 2.82. The third-order valence-corrected chi connectivity index (χ3v) is 2.88. The van der Waals surface area contributed by atoms with E-state index in [9.17, 15) is 9.18 Å². The Morgan fingerprint density at radius 1 is 1.39 bits per heavy atom. The Balaban J connectivity index is 2.24. The molecule has 1 heterocycles. The minimum absolute atomic E-state index is 0.162. The van der Waals surface area contributed by atoms with E-state index in [1.54, 1.807) is 12.1 Å². The quantitative estimate of drug-likeness (QED) is 0.838. The number of nitrogens with one attached hydrogen (secondary N) is 1. The molecular weight excluding hydrogens is 301 g/mol. The number of amides is 1. The molecule has 0 radical (unpaired) electrons. The number of aromatic nitrogens is 1. The first kappa shape index (κ1) is 12.5. The van der Waals surface area contributed by atoms with Gasteiger partial charge in [-0.05, 0) is 46.3 Å². The molecule has 3 N–H and O–H groups in total. The lowest BCUT2D eigenvalue weighted by Gasteiger charge is -2.08. The summed E-state index contributed by atoms with van der Waals surface area (Å²) in [5, 5.41) is 2.57. The first-order valence-electron chi connectivity index (χ1n) is 5.05. The molecule has 1 amide bonds. The van der Waals surface area contributed by atoms with Crippen molar-refractivity contribution in [3.05, 3.63) is 52.5 Å². The first-order chi connectivity index (χ1) is 8.58. The molecular formula is C12H9BrFN3O. The zero-order valence-electron chi connectivity index (χ0n) is 9.15. The van der Waals surface area contributed by atoms with Gasteiger partial charge in [0.2, 0.25) is 0 Å². The molecule has 1 aromatic heterocycles. The van der Waals surface area contributed by atoms with Gasteiger partial charge < -0.3 is 11.1 Å². The molecule has 4 nitrogen and oxygen atoms in total. The Morgan fingerprint density at radius 3 is 2.83 bits per heavy atom. The summed E-state index contributed by atoms with van der Waals surface area (Å²) in [5.74, 6) is -0.870. The van der Waals surface area contributed by atoms with Gasteiger partial charge in [-0.1, -0.05) is 0 Å². The van der Waals surface area contributed by atoms with Gasteiger partial charge in [-0.25, -0.2) is 9.37 Å². The van der Waals surface area contributed by atoms with Crippen LogP contribution in [-0.2, 0) is 0 Å². The summed E-state index contributed by atoms with van der Waals surface area (Å²) in [5.41, 5.74) is 6.34. The normalized spacial score (nSPS) is 10.1. The fourth-order valence-electron chi connectivity index (χ4n) is 1.38. The second-order valence-corrected chi connectivity index (χ2v) is 4.37.